The van der Waals surface area contributed by atoms with Gasteiger partial charge in [-0.05, 0) is 37.6 Å². The van der Waals surface area contributed by atoms with Crippen LogP contribution < -0.4 is 10.5 Å². The number of hydrogen-bond donors (Lipinski definition) is 1. The number of anilines is 1. The van der Waals surface area contributed by atoms with E-state index >= 15 is 0 Å². The van der Waals surface area contributed by atoms with Crippen LogP contribution in [0.2, 0.25) is 0 Å². The summed E-state index contributed by atoms with van der Waals surface area (Å²) in [6.07, 6.45) is 0. The molecule has 0 fully saturated rings. The molecule has 0 radical (unpaired) electrons. The van der Waals surface area contributed by atoms with E-state index in [9.17, 15) is 8.42 Å². The Labute approximate surface area is 124 Å². The number of rotatable bonds is 4. The van der Waals surface area contributed by atoms with E-state index in [1.807, 2.05) is 0 Å². The fourth-order valence-electron chi connectivity index (χ4n) is 2.19. The minimum atomic E-state index is -3.48. The average Bonchev–Trinajstić information content (AvgIpc) is 2.36. The number of aryl methyl sites for hydroxylation is 2. The lowest BCUT2D eigenvalue weighted by molar-refractivity contribution is 0.413. The van der Waals surface area contributed by atoms with Crippen molar-refractivity contribution in [2.45, 2.75) is 24.5 Å². The van der Waals surface area contributed by atoms with Crippen molar-refractivity contribution in [1.82, 2.24) is 4.98 Å². The predicted octanol–water partition coefficient (Wildman–Crippen LogP) is 2.26. The monoisotopic (exact) mass is 306 g/mol. The Hall–Kier alpha value is -2.08. The summed E-state index contributed by atoms with van der Waals surface area (Å²) in [5, 5.41) is 0. The zero-order chi connectivity index (χ0) is 15.6. The van der Waals surface area contributed by atoms with Crippen LogP contribution >= 0.6 is 0 Å². The molecule has 2 aromatic rings. The molecular formula is C15H18N2O3S. The molecule has 1 aromatic carbocycles. The van der Waals surface area contributed by atoms with Crippen LogP contribution in [0.25, 0.3) is 0 Å². The van der Waals surface area contributed by atoms with E-state index in [0.717, 1.165) is 0 Å². The molecule has 21 heavy (non-hydrogen) atoms. The topological polar surface area (TPSA) is 82.3 Å². The first kappa shape index (κ1) is 15.3. The molecule has 5 nitrogen and oxygen atoms in total. The molecule has 0 bridgehead atoms. The quantitative estimate of drug-likeness (QED) is 0.876. The van der Waals surface area contributed by atoms with Crippen molar-refractivity contribution in [2.24, 2.45) is 0 Å². The van der Waals surface area contributed by atoms with Crippen LogP contribution in [0.15, 0.2) is 35.2 Å². The lowest BCUT2D eigenvalue weighted by Crippen LogP contribution is -2.09. The van der Waals surface area contributed by atoms with Crippen LogP contribution in [0, 0.1) is 13.8 Å². The smallest absolute Gasteiger partial charge is 0.184 e. The highest BCUT2D eigenvalue weighted by molar-refractivity contribution is 7.90. The molecule has 0 saturated heterocycles. The maximum absolute atomic E-state index is 12.5. The SMILES string of the molecule is COc1cc(C)nc(CS(=O)(=O)c2ccc(N)cc2C)c1. The Balaban J connectivity index is 2.39. The summed E-state index contributed by atoms with van der Waals surface area (Å²) in [4.78, 5) is 4.53. The molecule has 6 heteroatoms. The van der Waals surface area contributed by atoms with Crippen LogP contribution in [0.1, 0.15) is 17.0 Å². The minimum absolute atomic E-state index is 0.171. The molecule has 0 saturated carbocycles. The van der Waals surface area contributed by atoms with Crippen molar-refractivity contribution in [3.8, 4) is 5.75 Å². The van der Waals surface area contributed by atoms with Gasteiger partial charge in [0.2, 0.25) is 0 Å². The number of hydrogen-bond acceptors (Lipinski definition) is 5. The number of sulfone groups is 1. The van der Waals surface area contributed by atoms with Gasteiger partial charge in [0.1, 0.15) is 5.75 Å². The van der Waals surface area contributed by atoms with Gasteiger partial charge in [0.25, 0.3) is 0 Å². The number of nitrogen functional groups attached to an aromatic ring is 1. The number of pyridine rings is 1. The van der Waals surface area contributed by atoms with Gasteiger partial charge in [0.05, 0.1) is 23.5 Å². The maximum atomic E-state index is 12.5. The molecule has 0 aliphatic rings. The Morgan fingerprint density at radius 2 is 1.90 bits per heavy atom. The first-order valence-corrected chi connectivity index (χ1v) is 8.07. The first-order chi connectivity index (χ1) is 9.81. The summed E-state index contributed by atoms with van der Waals surface area (Å²) in [5.41, 5.74) is 8.01. The summed E-state index contributed by atoms with van der Waals surface area (Å²) >= 11 is 0. The van der Waals surface area contributed by atoms with E-state index in [4.69, 9.17) is 10.5 Å². The van der Waals surface area contributed by atoms with Crippen LogP contribution in [-0.4, -0.2) is 20.5 Å². The molecule has 2 rings (SSSR count). The third kappa shape index (κ3) is 3.52. The van der Waals surface area contributed by atoms with Crippen LogP contribution in [0.5, 0.6) is 5.75 Å². The number of nitrogens with two attached hydrogens (primary N) is 1. The second-order valence-corrected chi connectivity index (χ2v) is 6.88. The standard InChI is InChI=1S/C15H18N2O3S/c1-10-6-12(16)4-5-15(10)21(18,19)9-13-8-14(20-3)7-11(2)17-13/h4-8H,9,16H2,1-3H3. The molecule has 0 spiro atoms. The minimum Gasteiger partial charge on any atom is -0.497 e. The molecule has 2 N–H and O–H groups in total. The second kappa shape index (κ2) is 5.73. The molecular weight excluding hydrogens is 288 g/mol. The summed E-state index contributed by atoms with van der Waals surface area (Å²) in [7, 11) is -1.94. The van der Waals surface area contributed by atoms with E-state index in [-0.39, 0.29) is 10.6 Å². The second-order valence-electron chi connectivity index (χ2n) is 4.92. The average molecular weight is 306 g/mol. The van der Waals surface area contributed by atoms with Crippen molar-refractivity contribution < 1.29 is 13.2 Å². The predicted molar refractivity (Wildman–Crippen MR) is 82.0 cm³/mol. The van der Waals surface area contributed by atoms with Crippen LogP contribution in [0.3, 0.4) is 0 Å². The van der Waals surface area contributed by atoms with E-state index in [1.165, 1.54) is 13.2 Å². The lowest BCUT2D eigenvalue weighted by Gasteiger charge is -2.10. The number of benzene rings is 1. The van der Waals surface area contributed by atoms with Crippen molar-refractivity contribution in [1.29, 1.82) is 0 Å². The molecule has 1 aromatic heterocycles. The van der Waals surface area contributed by atoms with E-state index in [2.05, 4.69) is 4.98 Å². The normalized spacial score (nSPS) is 11.4. The van der Waals surface area contributed by atoms with Gasteiger partial charge in [0.15, 0.2) is 9.84 Å². The Morgan fingerprint density at radius 3 is 2.52 bits per heavy atom. The molecule has 112 valence electrons. The van der Waals surface area contributed by atoms with Gasteiger partial charge in [-0.1, -0.05) is 0 Å². The largest absolute Gasteiger partial charge is 0.497 e. The van der Waals surface area contributed by atoms with E-state index in [0.29, 0.717) is 28.4 Å². The highest BCUT2D eigenvalue weighted by atomic mass is 32.2. The fraction of sp³-hybridized carbons (Fsp3) is 0.267. The molecule has 0 aliphatic carbocycles. The van der Waals surface area contributed by atoms with Gasteiger partial charge in [-0.3, -0.25) is 4.98 Å². The first-order valence-electron chi connectivity index (χ1n) is 6.42. The van der Waals surface area contributed by atoms with Gasteiger partial charge in [-0.2, -0.15) is 0 Å². The van der Waals surface area contributed by atoms with Gasteiger partial charge < -0.3 is 10.5 Å². The zero-order valence-electron chi connectivity index (χ0n) is 12.3. The highest BCUT2D eigenvalue weighted by Crippen LogP contribution is 2.23. The third-order valence-corrected chi connectivity index (χ3v) is 4.89. The Kier molecular flexibility index (Phi) is 4.18. The van der Waals surface area contributed by atoms with Crippen LogP contribution in [0.4, 0.5) is 5.69 Å². The van der Waals surface area contributed by atoms with Crippen molar-refractivity contribution in [3.05, 3.63) is 47.3 Å². The van der Waals surface area contributed by atoms with Crippen LogP contribution in [-0.2, 0) is 15.6 Å². The Morgan fingerprint density at radius 1 is 1.19 bits per heavy atom. The molecule has 0 aliphatic heterocycles. The number of nitrogens with zero attached hydrogens (tertiary/aromatic N) is 1. The summed E-state index contributed by atoms with van der Waals surface area (Å²) in [6, 6.07) is 8.16. The summed E-state index contributed by atoms with van der Waals surface area (Å²) in [5.74, 6) is 0.428. The third-order valence-electron chi connectivity index (χ3n) is 3.09. The number of methoxy groups -OCH3 is 1. The maximum Gasteiger partial charge on any atom is 0.184 e. The molecule has 1 heterocycles. The number of aromatic nitrogens is 1. The molecule has 0 unspecified atom stereocenters. The van der Waals surface area contributed by atoms with Gasteiger partial charge in [-0.15, -0.1) is 0 Å². The van der Waals surface area contributed by atoms with Crippen molar-refractivity contribution >= 4 is 15.5 Å². The van der Waals surface area contributed by atoms with Gasteiger partial charge in [0, 0.05) is 23.5 Å². The lowest BCUT2D eigenvalue weighted by atomic mass is 10.2. The fourth-order valence-corrected chi connectivity index (χ4v) is 3.71. The van der Waals surface area contributed by atoms with Crippen molar-refractivity contribution in [3.63, 3.8) is 0 Å². The van der Waals surface area contributed by atoms with Crippen molar-refractivity contribution in [2.75, 3.05) is 12.8 Å². The summed E-state index contributed by atoms with van der Waals surface area (Å²) in [6.45, 7) is 3.53. The molecule has 0 amide bonds. The van der Waals surface area contributed by atoms with Gasteiger partial charge in [-0.25, -0.2) is 8.42 Å². The van der Waals surface area contributed by atoms with E-state index < -0.39 is 9.84 Å². The van der Waals surface area contributed by atoms with E-state index in [1.54, 1.807) is 38.1 Å². The zero-order valence-corrected chi connectivity index (χ0v) is 13.1. The highest BCUT2D eigenvalue weighted by Gasteiger charge is 2.19. The number of ether oxygens (including phenoxy) is 1. The Bertz CT molecular complexity index is 770. The summed E-state index contributed by atoms with van der Waals surface area (Å²) < 4.78 is 30.2. The van der Waals surface area contributed by atoms with Gasteiger partial charge >= 0.3 is 0 Å². The molecule has 0 atom stereocenters.